The van der Waals surface area contributed by atoms with Gasteiger partial charge in [-0.25, -0.2) is 0 Å². The SMILES string of the molecule is CCOc1cccc(CNC2CCCC2CO)c1. The molecular formula is C15H23NO2. The Bertz CT molecular complexity index is 367. The normalized spacial score (nSPS) is 23.2. The summed E-state index contributed by atoms with van der Waals surface area (Å²) in [7, 11) is 0. The van der Waals surface area contributed by atoms with Gasteiger partial charge >= 0.3 is 0 Å². The number of hydrogen-bond acceptors (Lipinski definition) is 3. The molecule has 1 aliphatic carbocycles. The molecule has 2 atom stereocenters. The van der Waals surface area contributed by atoms with E-state index >= 15 is 0 Å². The summed E-state index contributed by atoms with van der Waals surface area (Å²) in [6.45, 7) is 3.85. The quantitative estimate of drug-likeness (QED) is 0.813. The fraction of sp³-hybridized carbons (Fsp3) is 0.600. The minimum Gasteiger partial charge on any atom is -0.494 e. The first-order valence-corrected chi connectivity index (χ1v) is 6.89. The maximum atomic E-state index is 9.29. The molecule has 0 aromatic heterocycles. The molecule has 1 aromatic carbocycles. The Morgan fingerprint density at radius 2 is 2.28 bits per heavy atom. The molecule has 3 heteroatoms. The Kier molecular flexibility index (Phi) is 5.02. The lowest BCUT2D eigenvalue weighted by atomic mass is 10.0. The summed E-state index contributed by atoms with van der Waals surface area (Å²) in [5.41, 5.74) is 1.24. The molecule has 2 N–H and O–H groups in total. The fourth-order valence-corrected chi connectivity index (χ4v) is 2.68. The zero-order valence-corrected chi connectivity index (χ0v) is 11.1. The summed E-state index contributed by atoms with van der Waals surface area (Å²) >= 11 is 0. The predicted octanol–water partition coefficient (Wildman–Crippen LogP) is 2.34. The van der Waals surface area contributed by atoms with Gasteiger partial charge in [0.15, 0.2) is 0 Å². The van der Waals surface area contributed by atoms with Crippen LogP contribution in [0.4, 0.5) is 0 Å². The van der Waals surface area contributed by atoms with Crippen LogP contribution in [0.25, 0.3) is 0 Å². The van der Waals surface area contributed by atoms with Crippen molar-refractivity contribution in [2.45, 2.75) is 38.8 Å². The van der Waals surface area contributed by atoms with E-state index in [1.54, 1.807) is 0 Å². The van der Waals surface area contributed by atoms with Gasteiger partial charge in [0.25, 0.3) is 0 Å². The van der Waals surface area contributed by atoms with E-state index in [1.807, 2.05) is 19.1 Å². The van der Waals surface area contributed by atoms with Crippen molar-refractivity contribution in [1.82, 2.24) is 5.32 Å². The predicted molar refractivity (Wildman–Crippen MR) is 72.7 cm³/mol. The van der Waals surface area contributed by atoms with Crippen molar-refractivity contribution in [1.29, 1.82) is 0 Å². The standard InChI is InChI=1S/C15H23NO2/c1-2-18-14-7-3-5-12(9-14)10-16-15-8-4-6-13(15)11-17/h3,5,7,9,13,15-17H,2,4,6,8,10-11H2,1H3. The van der Waals surface area contributed by atoms with Crippen molar-refractivity contribution in [3.05, 3.63) is 29.8 Å². The number of ether oxygens (including phenoxy) is 1. The number of benzene rings is 1. The van der Waals surface area contributed by atoms with Gasteiger partial charge in [0.1, 0.15) is 5.75 Å². The van der Waals surface area contributed by atoms with Crippen LogP contribution >= 0.6 is 0 Å². The van der Waals surface area contributed by atoms with E-state index in [-0.39, 0.29) is 0 Å². The maximum absolute atomic E-state index is 9.29. The minimum absolute atomic E-state index is 0.302. The second-order valence-electron chi connectivity index (χ2n) is 4.94. The highest BCUT2D eigenvalue weighted by Crippen LogP contribution is 2.25. The fourth-order valence-electron chi connectivity index (χ4n) is 2.68. The zero-order chi connectivity index (χ0) is 12.8. The number of rotatable bonds is 6. The van der Waals surface area contributed by atoms with Crippen molar-refractivity contribution < 1.29 is 9.84 Å². The molecule has 3 nitrogen and oxygen atoms in total. The molecule has 100 valence electrons. The first-order valence-electron chi connectivity index (χ1n) is 6.89. The van der Waals surface area contributed by atoms with Crippen LogP contribution in [0.5, 0.6) is 5.75 Å². The Morgan fingerprint density at radius 1 is 1.39 bits per heavy atom. The van der Waals surface area contributed by atoms with Gasteiger partial charge in [0.05, 0.1) is 6.61 Å². The summed E-state index contributed by atoms with van der Waals surface area (Å²) in [5, 5.41) is 12.8. The van der Waals surface area contributed by atoms with Gasteiger partial charge in [-0.2, -0.15) is 0 Å². The highest BCUT2D eigenvalue weighted by Gasteiger charge is 2.25. The molecule has 0 aliphatic heterocycles. The second-order valence-corrected chi connectivity index (χ2v) is 4.94. The molecule has 18 heavy (non-hydrogen) atoms. The summed E-state index contributed by atoms with van der Waals surface area (Å²) in [4.78, 5) is 0. The van der Waals surface area contributed by atoms with Crippen molar-refractivity contribution >= 4 is 0 Å². The molecule has 2 unspecified atom stereocenters. The summed E-state index contributed by atoms with van der Waals surface area (Å²) in [5.74, 6) is 1.36. The van der Waals surface area contributed by atoms with Gasteiger partial charge in [-0.15, -0.1) is 0 Å². The third kappa shape index (κ3) is 3.47. The molecule has 1 fully saturated rings. The van der Waals surface area contributed by atoms with Crippen molar-refractivity contribution in [2.75, 3.05) is 13.2 Å². The number of hydrogen-bond donors (Lipinski definition) is 2. The minimum atomic E-state index is 0.302. The molecule has 0 heterocycles. The van der Waals surface area contributed by atoms with Crippen LogP contribution in [0.3, 0.4) is 0 Å². The molecule has 2 rings (SSSR count). The van der Waals surface area contributed by atoms with Gasteiger partial charge in [0, 0.05) is 19.2 Å². The van der Waals surface area contributed by atoms with E-state index in [9.17, 15) is 5.11 Å². The number of aliphatic hydroxyl groups is 1. The van der Waals surface area contributed by atoms with Gasteiger partial charge in [-0.05, 0) is 43.4 Å². The third-order valence-corrected chi connectivity index (χ3v) is 3.67. The Balaban J connectivity index is 1.87. The molecule has 1 aliphatic rings. The molecule has 1 saturated carbocycles. The van der Waals surface area contributed by atoms with E-state index in [0.29, 0.717) is 25.2 Å². The lowest BCUT2D eigenvalue weighted by Crippen LogP contribution is -2.33. The monoisotopic (exact) mass is 249 g/mol. The van der Waals surface area contributed by atoms with Crippen LogP contribution in [0, 0.1) is 5.92 Å². The van der Waals surface area contributed by atoms with Crippen LogP contribution in [0.1, 0.15) is 31.7 Å². The van der Waals surface area contributed by atoms with Crippen LogP contribution in [0.2, 0.25) is 0 Å². The highest BCUT2D eigenvalue weighted by molar-refractivity contribution is 5.28. The first kappa shape index (κ1) is 13.4. The van der Waals surface area contributed by atoms with Crippen molar-refractivity contribution in [3.63, 3.8) is 0 Å². The molecule has 0 radical (unpaired) electrons. The number of aliphatic hydroxyl groups excluding tert-OH is 1. The van der Waals surface area contributed by atoms with Crippen LogP contribution < -0.4 is 10.1 Å². The van der Waals surface area contributed by atoms with Crippen molar-refractivity contribution in [3.8, 4) is 5.75 Å². The molecule has 1 aromatic rings. The summed E-state index contributed by atoms with van der Waals surface area (Å²) in [6.07, 6.45) is 3.55. The Labute approximate surface area is 109 Å². The molecular weight excluding hydrogens is 226 g/mol. The van der Waals surface area contributed by atoms with E-state index in [4.69, 9.17) is 4.74 Å². The topological polar surface area (TPSA) is 41.5 Å². The smallest absolute Gasteiger partial charge is 0.119 e. The lowest BCUT2D eigenvalue weighted by Gasteiger charge is -2.19. The van der Waals surface area contributed by atoms with Gasteiger partial charge in [-0.1, -0.05) is 18.6 Å². The molecule has 0 saturated heterocycles. The Hall–Kier alpha value is -1.06. The van der Waals surface area contributed by atoms with E-state index in [1.165, 1.54) is 18.4 Å². The largest absolute Gasteiger partial charge is 0.494 e. The molecule has 0 spiro atoms. The Morgan fingerprint density at radius 3 is 3.06 bits per heavy atom. The van der Waals surface area contributed by atoms with Gasteiger partial charge in [-0.3, -0.25) is 0 Å². The van der Waals surface area contributed by atoms with E-state index in [2.05, 4.69) is 17.4 Å². The van der Waals surface area contributed by atoms with E-state index in [0.717, 1.165) is 18.7 Å². The van der Waals surface area contributed by atoms with E-state index < -0.39 is 0 Å². The molecule has 0 amide bonds. The highest BCUT2D eigenvalue weighted by atomic mass is 16.5. The van der Waals surface area contributed by atoms with Crippen LogP contribution in [-0.2, 0) is 6.54 Å². The van der Waals surface area contributed by atoms with Crippen LogP contribution in [0.15, 0.2) is 24.3 Å². The number of nitrogens with one attached hydrogen (secondary N) is 1. The summed E-state index contributed by atoms with van der Waals surface area (Å²) in [6, 6.07) is 8.67. The second kappa shape index (κ2) is 6.76. The average molecular weight is 249 g/mol. The lowest BCUT2D eigenvalue weighted by molar-refractivity contribution is 0.205. The zero-order valence-electron chi connectivity index (χ0n) is 11.1. The maximum Gasteiger partial charge on any atom is 0.119 e. The third-order valence-electron chi connectivity index (χ3n) is 3.67. The van der Waals surface area contributed by atoms with Gasteiger partial charge < -0.3 is 15.2 Å². The summed E-state index contributed by atoms with van der Waals surface area (Å²) < 4.78 is 5.49. The average Bonchev–Trinajstić information content (AvgIpc) is 2.84. The first-order chi connectivity index (χ1) is 8.83. The van der Waals surface area contributed by atoms with Crippen molar-refractivity contribution in [2.24, 2.45) is 5.92 Å². The van der Waals surface area contributed by atoms with Gasteiger partial charge in [0.2, 0.25) is 0 Å². The molecule has 0 bridgehead atoms. The van der Waals surface area contributed by atoms with Crippen LogP contribution in [-0.4, -0.2) is 24.4 Å².